The smallest absolute Gasteiger partial charge is 0.326 e. The number of carbonyl (C=O) groups is 1. The van der Waals surface area contributed by atoms with Crippen molar-refractivity contribution in [1.82, 2.24) is 4.98 Å². The number of aromatic nitrogens is 1. The lowest BCUT2D eigenvalue weighted by molar-refractivity contribution is -0.138. The zero-order valence-corrected chi connectivity index (χ0v) is 11.1. The maximum absolute atomic E-state index is 13.9. The average molecular weight is 274 g/mol. The van der Waals surface area contributed by atoms with Crippen LogP contribution in [-0.4, -0.2) is 28.6 Å². The summed E-state index contributed by atoms with van der Waals surface area (Å²) in [5.41, 5.74) is 1.75. The van der Waals surface area contributed by atoms with E-state index >= 15 is 0 Å². The summed E-state index contributed by atoms with van der Waals surface area (Å²) in [6, 6.07) is 6.09. The third-order valence-corrected chi connectivity index (χ3v) is 3.74. The molecule has 0 radical (unpaired) electrons. The van der Waals surface area contributed by atoms with Crippen LogP contribution in [-0.2, 0) is 4.79 Å². The maximum Gasteiger partial charge on any atom is 0.326 e. The molecule has 3 rings (SSSR count). The molecule has 1 aromatic heterocycles. The second-order valence-electron chi connectivity index (χ2n) is 5.11. The highest BCUT2D eigenvalue weighted by Crippen LogP contribution is 2.33. The van der Waals surface area contributed by atoms with Gasteiger partial charge in [0.05, 0.1) is 0 Å². The summed E-state index contributed by atoms with van der Waals surface area (Å²) in [7, 11) is 0. The first-order valence-electron chi connectivity index (χ1n) is 6.63. The second kappa shape index (κ2) is 4.74. The van der Waals surface area contributed by atoms with Gasteiger partial charge in [-0.25, -0.2) is 14.2 Å². The van der Waals surface area contributed by atoms with E-state index in [4.69, 9.17) is 0 Å². The number of para-hydroxylation sites is 1. The molecule has 20 heavy (non-hydrogen) atoms. The fourth-order valence-electron chi connectivity index (χ4n) is 2.87. The lowest BCUT2D eigenvalue weighted by Gasteiger charge is -2.25. The number of fused-ring (bicyclic) bond motifs is 1. The summed E-state index contributed by atoms with van der Waals surface area (Å²) in [4.78, 5) is 17.4. The molecule has 1 aliphatic rings. The molecular formula is C15H15FN2O2. The van der Waals surface area contributed by atoms with Gasteiger partial charge < -0.3 is 10.0 Å². The molecule has 1 aliphatic heterocycles. The SMILES string of the molecule is Cc1cc(N2CCCC2C(=O)O)c2cccc(F)c2n1. The summed E-state index contributed by atoms with van der Waals surface area (Å²) in [6.07, 6.45) is 1.45. The quantitative estimate of drug-likeness (QED) is 0.915. The molecule has 104 valence electrons. The van der Waals surface area contributed by atoms with Gasteiger partial charge in [-0.2, -0.15) is 0 Å². The van der Waals surface area contributed by atoms with E-state index in [1.54, 1.807) is 19.1 Å². The van der Waals surface area contributed by atoms with E-state index in [1.165, 1.54) is 6.07 Å². The Labute approximate surface area is 115 Å². The molecule has 4 nitrogen and oxygen atoms in total. The lowest BCUT2D eigenvalue weighted by Crippen LogP contribution is -2.36. The van der Waals surface area contributed by atoms with Gasteiger partial charge in [-0.15, -0.1) is 0 Å². The van der Waals surface area contributed by atoms with Crippen LogP contribution in [0.5, 0.6) is 0 Å². The van der Waals surface area contributed by atoms with Gasteiger partial charge in [-0.05, 0) is 31.9 Å². The molecule has 0 saturated carbocycles. The number of hydrogen-bond donors (Lipinski definition) is 1. The Bertz CT molecular complexity index is 687. The van der Waals surface area contributed by atoms with E-state index in [9.17, 15) is 14.3 Å². The van der Waals surface area contributed by atoms with E-state index in [0.717, 1.165) is 12.1 Å². The number of carboxylic acids is 1. The van der Waals surface area contributed by atoms with Crippen LogP contribution in [0.3, 0.4) is 0 Å². The Balaban J connectivity index is 2.20. The van der Waals surface area contributed by atoms with Crippen LogP contribution in [0.4, 0.5) is 10.1 Å². The summed E-state index contributed by atoms with van der Waals surface area (Å²) >= 11 is 0. The lowest BCUT2D eigenvalue weighted by atomic mass is 10.1. The second-order valence-corrected chi connectivity index (χ2v) is 5.11. The van der Waals surface area contributed by atoms with Gasteiger partial charge in [0.1, 0.15) is 17.4 Å². The fraction of sp³-hybridized carbons (Fsp3) is 0.333. The number of carboxylic acid groups (broad SMARTS) is 1. The number of halogens is 1. The monoisotopic (exact) mass is 274 g/mol. The third kappa shape index (κ3) is 1.99. The topological polar surface area (TPSA) is 53.4 Å². The predicted molar refractivity (Wildman–Crippen MR) is 74.4 cm³/mol. The van der Waals surface area contributed by atoms with Crippen LogP contribution < -0.4 is 4.90 Å². The van der Waals surface area contributed by atoms with Gasteiger partial charge in [0.25, 0.3) is 0 Å². The molecule has 2 aromatic rings. The Hall–Kier alpha value is -2.17. The number of anilines is 1. The summed E-state index contributed by atoms with van der Waals surface area (Å²) in [6.45, 7) is 2.47. The van der Waals surface area contributed by atoms with E-state index in [-0.39, 0.29) is 5.82 Å². The molecule has 1 saturated heterocycles. The van der Waals surface area contributed by atoms with Gasteiger partial charge in [0.15, 0.2) is 0 Å². The molecule has 1 aromatic carbocycles. The van der Waals surface area contributed by atoms with Crippen molar-refractivity contribution >= 4 is 22.6 Å². The van der Waals surface area contributed by atoms with E-state index in [1.807, 2.05) is 11.0 Å². The minimum atomic E-state index is -0.832. The minimum absolute atomic E-state index is 0.304. The first-order chi connectivity index (χ1) is 9.58. The highest BCUT2D eigenvalue weighted by atomic mass is 19.1. The number of aryl methyl sites for hydroxylation is 1. The molecular weight excluding hydrogens is 259 g/mol. The van der Waals surface area contributed by atoms with Crippen molar-refractivity contribution in [3.8, 4) is 0 Å². The molecule has 1 atom stereocenters. The molecule has 0 bridgehead atoms. The number of nitrogens with zero attached hydrogens (tertiary/aromatic N) is 2. The highest BCUT2D eigenvalue weighted by Gasteiger charge is 2.31. The zero-order chi connectivity index (χ0) is 14.3. The van der Waals surface area contributed by atoms with Crippen LogP contribution in [0.15, 0.2) is 24.3 Å². The van der Waals surface area contributed by atoms with Crippen LogP contribution in [0.1, 0.15) is 18.5 Å². The Morgan fingerprint density at radius 2 is 2.30 bits per heavy atom. The van der Waals surface area contributed by atoms with Crippen molar-refractivity contribution in [2.75, 3.05) is 11.4 Å². The van der Waals surface area contributed by atoms with Crippen molar-refractivity contribution in [2.45, 2.75) is 25.8 Å². The average Bonchev–Trinajstić information content (AvgIpc) is 2.88. The van der Waals surface area contributed by atoms with Gasteiger partial charge >= 0.3 is 5.97 Å². The summed E-state index contributed by atoms with van der Waals surface area (Å²) < 4.78 is 13.9. The Kier molecular flexibility index (Phi) is 3.04. The molecule has 1 fully saturated rings. The molecule has 1 N–H and O–H groups in total. The number of hydrogen-bond acceptors (Lipinski definition) is 3. The summed E-state index contributed by atoms with van der Waals surface area (Å²) in [5, 5.41) is 9.98. The van der Waals surface area contributed by atoms with Gasteiger partial charge in [-0.1, -0.05) is 12.1 Å². The highest BCUT2D eigenvalue weighted by molar-refractivity contribution is 5.94. The van der Waals surface area contributed by atoms with Gasteiger partial charge in [0.2, 0.25) is 0 Å². The third-order valence-electron chi connectivity index (χ3n) is 3.74. The van der Waals surface area contributed by atoms with Crippen LogP contribution in [0, 0.1) is 12.7 Å². The Morgan fingerprint density at radius 1 is 1.50 bits per heavy atom. The fourth-order valence-corrected chi connectivity index (χ4v) is 2.87. The number of aliphatic carboxylic acids is 1. The maximum atomic E-state index is 13.9. The van der Waals surface area contributed by atoms with Crippen LogP contribution >= 0.6 is 0 Å². The van der Waals surface area contributed by atoms with E-state index in [0.29, 0.717) is 29.6 Å². The Morgan fingerprint density at radius 3 is 3.05 bits per heavy atom. The number of rotatable bonds is 2. The van der Waals surface area contributed by atoms with Gasteiger partial charge in [-0.3, -0.25) is 0 Å². The van der Waals surface area contributed by atoms with Crippen LogP contribution in [0.25, 0.3) is 10.9 Å². The molecule has 2 heterocycles. The van der Waals surface area contributed by atoms with Crippen LogP contribution in [0.2, 0.25) is 0 Å². The summed E-state index contributed by atoms with van der Waals surface area (Å²) in [5.74, 6) is -1.21. The largest absolute Gasteiger partial charge is 0.480 e. The van der Waals surface area contributed by atoms with Crippen molar-refractivity contribution < 1.29 is 14.3 Å². The molecule has 1 unspecified atom stereocenters. The first kappa shape index (κ1) is 12.8. The van der Waals surface area contributed by atoms with E-state index < -0.39 is 12.0 Å². The van der Waals surface area contributed by atoms with Gasteiger partial charge in [0, 0.05) is 23.3 Å². The van der Waals surface area contributed by atoms with E-state index in [2.05, 4.69) is 4.98 Å². The minimum Gasteiger partial charge on any atom is -0.480 e. The molecule has 0 spiro atoms. The predicted octanol–water partition coefficient (Wildman–Crippen LogP) is 2.74. The number of pyridine rings is 1. The molecule has 0 aliphatic carbocycles. The molecule has 5 heteroatoms. The van der Waals surface area contributed by atoms with Crippen molar-refractivity contribution in [3.05, 3.63) is 35.8 Å². The van der Waals surface area contributed by atoms with Crippen molar-refractivity contribution in [3.63, 3.8) is 0 Å². The standard InChI is InChI=1S/C15H15FN2O2/c1-9-8-13(18-7-3-6-12(18)15(19)20)10-4-2-5-11(16)14(10)17-9/h2,4-5,8,12H,3,6-7H2,1H3,(H,19,20). The zero-order valence-electron chi connectivity index (χ0n) is 11.1. The van der Waals surface area contributed by atoms with Crippen molar-refractivity contribution in [1.29, 1.82) is 0 Å². The molecule has 0 amide bonds. The normalized spacial score (nSPS) is 18.7. The van der Waals surface area contributed by atoms with Crippen molar-refractivity contribution in [2.24, 2.45) is 0 Å². The first-order valence-corrected chi connectivity index (χ1v) is 6.63. The number of benzene rings is 1.